The molecular weight excluding hydrogens is 414 g/mol. The molecular formula is C23H15N3O4S. The number of carbonyl (C=O) groups is 3. The number of pyridine rings is 1. The topological polar surface area (TPSA) is 106 Å². The van der Waals surface area contributed by atoms with Gasteiger partial charge in [0.05, 0.1) is 26.5 Å². The standard InChI is InChI=1S/C23H15N3O4S/c1-31(30,18-5-3-2-4-6-18)26-22(28)17-11-16(13-24-14-17)8-7-15-9-10-20-19(12-15)21(27)23(29)25-20/h2-6,9-14H,1H3,(H,25,27,29)/t31-/m0/s1. The molecule has 2 amide bonds. The Kier molecular flexibility index (Phi) is 5.19. The van der Waals surface area contributed by atoms with Crippen molar-refractivity contribution in [3.8, 4) is 11.8 Å². The smallest absolute Gasteiger partial charge is 0.296 e. The number of anilines is 1. The Morgan fingerprint density at radius 1 is 1.00 bits per heavy atom. The zero-order chi connectivity index (χ0) is 22.0. The summed E-state index contributed by atoms with van der Waals surface area (Å²) in [5.41, 5.74) is 1.88. The van der Waals surface area contributed by atoms with Crippen LogP contribution in [0, 0.1) is 11.8 Å². The first kappa shape index (κ1) is 20.2. The molecule has 2 aromatic carbocycles. The highest BCUT2D eigenvalue weighted by molar-refractivity contribution is 7.93. The molecule has 0 aliphatic carbocycles. The van der Waals surface area contributed by atoms with Crippen molar-refractivity contribution in [1.82, 2.24) is 4.98 Å². The minimum Gasteiger partial charge on any atom is -0.318 e. The molecule has 152 valence electrons. The van der Waals surface area contributed by atoms with Crippen LogP contribution in [-0.4, -0.2) is 33.0 Å². The number of hydrogen-bond acceptors (Lipinski definition) is 5. The number of nitrogens with one attached hydrogen (secondary N) is 1. The fourth-order valence-corrected chi connectivity index (χ4v) is 4.12. The van der Waals surface area contributed by atoms with Crippen molar-refractivity contribution in [2.45, 2.75) is 4.90 Å². The van der Waals surface area contributed by atoms with Gasteiger partial charge in [0.1, 0.15) is 0 Å². The summed E-state index contributed by atoms with van der Waals surface area (Å²) in [5, 5.41) is 2.48. The third kappa shape index (κ3) is 4.27. The molecule has 1 aliphatic heterocycles. The van der Waals surface area contributed by atoms with Gasteiger partial charge in [-0.1, -0.05) is 30.0 Å². The molecule has 3 aromatic rings. The van der Waals surface area contributed by atoms with E-state index in [1.165, 1.54) is 30.8 Å². The molecule has 7 nitrogen and oxygen atoms in total. The Labute approximate surface area is 178 Å². The summed E-state index contributed by atoms with van der Waals surface area (Å²) in [6, 6.07) is 14.9. The van der Waals surface area contributed by atoms with Gasteiger partial charge in [0.15, 0.2) is 0 Å². The Morgan fingerprint density at radius 3 is 2.52 bits per heavy atom. The van der Waals surface area contributed by atoms with E-state index in [1.54, 1.807) is 42.5 Å². The molecule has 0 saturated carbocycles. The molecule has 0 unspecified atom stereocenters. The lowest BCUT2D eigenvalue weighted by atomic mass is 10.1. The van der Waals surface area contributed by atoms with E-state index < -0.39 is 27.3 Å². The lowest BCUT2D eigenvalue weighted by molar-refractivity contribution is -0.112. The molecule has 2 heterocycles. The maximum Gasteiger partial charge on any atom is 0.296 e. The summed E-state index contributed by atoms with van der Waals surface area (Å²) in [4.78, 5) is 40.3. The average Bonchev–Trinajstić information content (AvgIpc) is 3.06. The van der Waals surface area contributed by atoms with Crippen LogP contribution in [-0.2, 0) is 14.5 Å². The number of ketones is 1. The highest BCUT2D eigenvalue weighted by Crippen LogP contribution is 2.23. The van der Waals surface area contributed by atoms with Gasteiger partial charge in [0.2, 0.25) is 0 Å². The molecule has 0 bridgehead atoms. The number of fused-ring (bicyclic) bond motifs is 1. The van der Waals surface area contributed by atoms with Gasteiger partial charge in [-0.3, -0.25) is 19.4 Å². The maximum atomic E-state index is 12.8. The van der Waals surface area contributed by atoms with Crippen LogP contribution in [0.5, 0.6) is 0 Å². The second kappa shape index (κ2) is 7.97. The summed E-state index contributed by atoms with van der Waals surface area (Å²) in [6.07, 6.45) is 4.22. The van der Waals surface area contributed by atoms with Gasteiger partial charge in [-0.15, -0.1) is 0 Å². The van der Waals surface area contributed by atoms with E-state index in [9.17, 15) is 18.6 Å². The van der Waals surface area contributed by atoms with Crippen molar-refractivity contribution >= 4 is 33.0 Å². The molecule has 1 N–H and O–H groups in total. The Hall–Kier alpha value is -4.09. The lowest BCUT2D eigenvalue weighted by Crippen LogP contribution is -2.12. The van der Waals surface area contributed by atoms with E-state index in [2.05, 4.69) is 26.5 Å². The van der Waals surface area contributed by atoms with Crippen molar-refractivity contribution in [2.75, 3.05) is 11.6 Å². The second-order valence-electron chi connectivity index (χ2n) is 6.77. The second-order valence-corrected chi connectivity index (χ2v) is 9.03. The molecule has 1 aliphatic rings. The van der Waals surface area contributed by atoms with Crippen molar-refractivity contribution in [2.24, 2.45) is 4.36 Å². The van der Waals surface area contributed by atoms with Gasteiger partial charge in [0.25, 0.3) is 17.6 Å². The fraction of sp³-hybridized carbons (Fsp3) is 0.0435. The van der Waals surface area contributed by atoms with Crippen LogP contribution in [0.1, 0.15) is 31.8 Å². The highest BCUT2D eigenvalue weighted by atomic mass is 32.2. The van der Waals surface area contributed by atoms with Crippen LogP contribution in [0.3, 0.4) is 0 Å². The quantitative estimate of drug-likeness (QED) is 0.498. The van der Waals surface area contributed by atoms with Gasteiger partial charge < -0.3 is 5.32 Å². The number of Topliss-reactive ketones (excluding diaryl/α,β-unsaturated/α-hetero) is 1. The van der Waals surface area contributed by atoms with Gasteiger partial charge in [-0.05, 0) is 36.4 Å². The van der Waals surface area contributed by atoms with E-state index in [4.69, 9.17) is 0 Å². The Bertz CT molecular complexity index is 1430. The SMILES string of the molecule is C[S@@](=O)(=NC(=O)c1cncc(C#Cc2ccc3c(c2)C(=O)C(=O)N3)c1)c1ccccc1. The van der Waals surface area contributed by atoms with Gasteiger partial charge in [0, 0.05) is 34.7 Å². The molecule has 0 saturated heterocycles. The minimum absolute atomic E-state index is 0.163. The van der Waals surface area contributed by atoms with Crippen LogP contribution in [0.15, 0.2) is 76.2 Å². The fourth-order valence-electron chi connectivity index (χ4n) is 2.93. The highest BCUT2D eigenvalue weighted by Gasteiger charge is 2.27. The molecule has 1 aromatic heterocycles. The maximum absolute atomic E-state index is 12.8. The van der Waals surface area contributed by atoms with E-state index >= 15 is 0 Å². The number of benzene rings is 2. The monoisotopic (exact) mass is 429 g/mol. The Morgan fingerprint density at radius 2 is 1.74 bits per heavy atom. The molecule has 1 atom stereocenters. The number of amides is 2. The molecule has 0 fully saturated rings. The molecule has 31 heavy (non-hydrogen) atoms. The summed E-state index contributed by atoms with van der Waals surface area (Å²) in [6.45, 7) is 0. The zero-order valence-electron chi connectivity index (χ0n) is 16.3. The first-order valence-electron chi connectivity index (χ1n) is 9.12. The van der Waals surface area contributed by atoms with Gasteiger partial charge in [-0.2, -0.15) is 4.36 Å². The normalized spacial score (nSPS) is 14.0. The van der Waals surface area contributed by atoms with E-state index in [1.807, 2.05) is 0 Å². The van der Waals surface area contributed by atoms with Crippen molar-refractivity contribution in [1.29, 1.82) is 0 Å². The van der Waals surface area contributed by atoms with Gasteiger partial charge in [-0.25, -0.2) is 4.21 Å². The van der Waals surface area contributed by atoms with Crippen molar-refractivity contribution in [3.63, 3.8) is 0 Å². The van der Waals surface area contributed by atoms with E-state index in [-0.39, 0.29) is 11.1 Å². The largest absolute Gasteiger partial charge is 0.318 e. The number of hydrogen-bond donors (Lipinski definition) is 1. The predicted octanol–water partition coefficient (Wildman–Crippen LogP) is 2.91. The van der Waals surface area contributed by atoms with Crippen LogP contribution in [0.2, 0.25) is 0 Å². The van der Waals surface area contributed by atoms with Crippen LogP contribution < -0.4 is 5.32 Å². The average molecular weight is 429 g/mol. The minimum atomic E-state index is -2.90. The molecule has 8 heteroatoms. The van der Waals surface area contributed by atoms with Crippen LogP contribution in [0.4, 0.5) is 5.69 Å². The summed E-state index contributed by atoms with van der Waals surface area (Å²) < 4.78 is 16.7. The first-order valence-corrected chi connectivity index (χ1v) is 11.0. The van der Waals surface area contributed by atoms with Crippen LogP contribution >= 0.6 is 0 Å². The zero-order valence-corrected chi connectivity index (χ0v) is 17.1. The molecule has 0 radical (unpaired) electrons. The lowest BCUT2D eigenvalue weighted by Gasteiger charge is -2.03. The number of carbonyl (C=O) groups excluding carboxylic acids is 3. The first-order chi connectivity index (χ1) is 14.8. The third-order valence-electron chi connectivity index (χ3n) is 4.49. The predicted molar refractivity (Wildman–Crippen MR) is 115 cm³/mol. The number of nitrogens with zero attached hydrogens (tertiary/aromatic N) is 2. The van der Waals surface area contributed by atoms with E-state index in [0.29, 0.717) is 21.7 Å². The summed E-state index contributed by atoms with van der Waals surface area (Å²) in [5.74, 6) is 3.84. The van der Waals surface area contributed by atoms with Gasteiger partial charge >= 0.3 is 0 Å². The number of aromatic nitrogens is 1. The summed E-state index contributed by atoms with van der Waals surface area (Å²) >= 11 is 0. The third-order valence-corrected chi connectivity index (χ3v) is 6.15. The van der Waals surface area contributed by atoms with Crippen LogP contribution in [0.25, 0.3) is 0 Å². The van der Waals surface area contributed by atoms with E-state index in [0.717, 1.165) is 0 Å². The Balaban J connectivity index is 1.60. The molecule has 4 rings (SSSR count). The van der Waals surface area contributed by atoms with Crippen molar-refractivity contribution < 1.29 is 18.6 Å². The number of rotatable bonds is 2. The summed E-state index contributed by atoms with van der Waals surface area (Å²) in [7, 11) is -2.90. The molecule has 0 spiro atoms. The van der Waals surface area contributed by atoms with Crippen molar-refractivity contribution in [3.05, 3.63) is 89.2 Å².